The fourth-order valence-corrected chi connectivity index (χ4v) is 2.86. The summed E-state index contributed by atoms with van der Waals surface area (Å²) < 4.78 is 13.3. The van der Waals surface area contributed by atoms with Crippen LogP contribution in [0.4, 0.5) is 4.39 Å². The summed E-state index contributed by atoms with van der Waals surface area (Å²) in [4.78, 5) is 16.7. The number of guanidine groups is 1. The van der Waals surface area contributed by atoms with E-state index in [0.29, 0.717) is 31.2 Å². The molecule has 2 rings (SSSR count). The molecule has 5 nitrogen and oxygen atoms in total. The highest BCUT2D eigenvalue weighted by Crippen LogP contribution is 2.09. The second-order valence-corrected chi connectivity index (χ2v) is 6.47. The van der Waals surface area contributed by atoms with Crippen molar-refractivity contribution < 1.29 is 9.18 Å². The average molecular weight is 490 g/mol. The van der Waals surface area contributed by atoms with Crippen molar-refractivity contribution in [2.24, 2.45) is 4.99 Å². The minimum Gasteiger partial charge on any atom is -0.356 e. The Morgan fingerprint density at radius 1 is 1.19 bits per heavy atom. The Morgan fingerprint density at radius 3 is 2.62 bits per heavy atom. The Bertz CT molecular complexity index is 722. The van der Waals surface area contributed by atoms with Crippen LogP contribution in [0.1, 0.15) is 27.2 Å². The Kier molecular flexibility index (Phi) is 10.2. The van der Waals surface area contributed by atoms with E-state index in [0.717, 1.165) is 16.9 Å². The second-order valence-electron chi connectivity index (χ2n) is 5.52. The quantitative estimate of drug-likeness (QED) is 0.242. The SMILES string of the molecule is CN=C(NCCCNC(=O)c1cccs1)NCc1ccc(F)c(C)c1.I. The first-order chi connectivity index (χ1) is 12.1. The zero-order valence-corrected chi connectivity index (χ0v) is 18.0. The maximum atomic E-state index is 13.3. The van der Waals surface area contributed by atoms with Crippen molar-refractivity contribution in [3.8, 4) is 0 Å². The zero-order chi connectivity index (χ0) is 18.1. The largest absolute Gasteiger partial charge is 0.356 e. The summed E-state index contributed by atoms with van der Waals surface area (Å²) in [5.74, 6) is 0.437. The molecule has 0 atom stereocenters. The normalized spacial score (nSPS) is 10.8. The van der Waals surface area contributed by atoms with Crippen molar-refractivity contribution >= 4 is 47.2 Å². The van der Waals surface area contributed by atoms with Gasteiger partial charge in [-0.25, -0.2) is 4.39 Å². The fourth-order valence-electron chi connectivity index (χ4n) is 2.22. The summed E-state index contributed by atoms with van der Waals surface area (Å²) in [5.41, 5.74) is 1.62. The van der Waals surface area contributed by atoms with Gasteiger partial charge in [0.05, 0.1) is 4.88 Å². The van der Waals surface area contributed by atoms with Crippen molar-refractivity contribution in [3.05, 3.63) is 57.5 Å². The highest BCUT2D eigenvalue weighted by atomic mass is 127. The van der Waals surface area contributed by atoms with Crippen molar-refractivity contribution in [2.45, 2.75) is 19.9 Å². The van der Waals surface area contributed by atoms with Crippen LogP contribution in [-0.2, 0) is 6.54 Å². The summed E-state index contributed by atoms with van der Waals surface area (Å²) in [7, 11) is 1.70. The van der Waals surface area contributed by atoms with Crippen molar-refractivity contribution in [1.82, 2.24) is 16.0 Å². The molecule has 1 aromatic heterocycles. The maximum absolute atomic E-state index is 13.3. The van der Waals surface area contributed by atoms with Gasteiger partial charge in [0.25, 0.3) is 5.91 Å². The highest BCUT2D eigenvalue weighted by molar-refractivity contribution is 14.0. The molecule has 8 heteroatoms. The molecule has 1 heterocycles. The molecule has 26 heavy (non-hydrogen) atoms. The standard InChI is InChI=1S/C18H23FN4OS.HI/c1-13-11-14(6-7-15(13)19)12-23-18(20-2)22-9-4-8-21-17(24)16-5-3-10-25-16;/h3,5-7,10-11H,4,8-9,12H2,1-2H3,(H,21,24)(H2,20,22,23);1H. The van der Waals surface area contributed by atoms with Gasteiger partial charge in [0.2, 0.25) is 0 Å². The van der Waals surface area contributed by atoms with E-state index in [1.807, 2.05) is 17.5 Å². The Morgan fingerprint density at radius 2 is 1.96 bits per heavy atom. The fraction of sp³-hybridized carbons (Fsp3) is 0.333. The van der Waals surface area contributed by atoms with Crippen LogP contribution in [0.15, 0.2) is 40.7 Å². The van der Waals surface area contributed by atoms with Crippen molar-refractivity contribution in [3.63, 3.8) is 0 Å². The maximum Gasteiger partial charge on any atom is 0.261 e. The number of halogens is 2. The molecule has 0 fully saturated rings. The highest BCUT2D eigenvalue weighted by Gasteiger charge is 2.05. The van der Waals surface area contributed by atoms with Crippen molar-refractivity contribution in [1.29, 1.82) is 0 Å². The summed E-state index contributed by atoms with van der Waals surface area (Å²) in [6.07, 6.45) is 0.785. The second kappa shape index (κ2) is 11.8. The minimum atomic E-state index is -0.198. The van der Waals surface area contributed by atoms with Crippen LogP contribution in [0.2, 0.25) is 0 Å². The van der Waals surface area contributed by atoms with Crippen molar-refractivity contribution in [2.75, 3.05) is 20.1 Å². The zero-order valence-electron chi connectivity index (χ0n) is 14.8. The van der Waals surface area contributed by atoms with Gasteiger partial charge in [-0.05, 0) is 42.0 Å². The number of benzene rings is 1. The number of nitrogens with zero attached hydrogens (tertiary/aromatic N) is 1. The van der Waals surface area contributed by atoms with Crippen LogP contribution in [0.25, 0.3) is 0 Å². The van der Waals surface area contributed by atoms with Gasteiger partial charge in [-0.2, -0.15) is 0 Å². The third-order valence-electron chi connectivity index (χ3n) is 3.58. The molecule has 3 N–H and O–H groups in total. The molecule has 0 bridgehead atoms. The predicted octanol–water partition coefficient (Wildman–Crippen LogP) is 3.30. The number of carbonyl (C=O) groups is 1. The number of carbonyl (C=O) groups excluding carboxylic acids is 1. The number of rotatable bonds is 7. The van der Waals surface area contributed by atoms with E-state index < -0.39 is 0 Å². The summed E-state index contributed by atoms with van der Waals surface area (Å²) >= 11 is 1.43. The summed E-state index contributed by atoms with van der Waals surface area (Å²) in [6, 6.07) is 8.71. The molecule has 142 valence electrons. The molecule has 0 saturated heterocycles. The van der Waals surface area contributed by atoms with Gasteiger partial charge >= 0.3 is 0 Å². The monoisotopic (exact) mass is 490 g/mol. The van der Waals surface area contributed by atoms with Gasteiger partial charge in [0.1, 0.15) is 5.82 Å². The summed E-state index contributed by atoms with van der Waals surface area (Å²) in [5, 5.41) is 11.1. The first kappa shape index (κ1) is 22.4. The van der Waals surface area contributed by atoms with Gasteiger partial charge in [0.15, 0.2) is 5.96 Å². The average Bonchev–Trinajstić information content (AvgIpc) is 3.15. The van der Waals surface area contributed by atoms with Gasteiger partial charge in [-0.1, -0.05) is 18.2 Å². The van der Waals surface area contributed by atoms with Crippen LogP contribution >= 0.6 is 35.3 Å². The number of hydrogen-bond donors (Lipinski definition) is 3. The number of hydrogen-bond acceptors (Lipinski definition) is 3. The van der Waals surface area contributed by atoms with E-state index >= 15 is 0 Å². The number of aliphatic imine (C=N–C) groups is 1. The summed E-state index contributed by atoms with van der Waals surface area (Å²) in [6.45, 7) is 3.59. The van der Waals surface area contributed by atoms with Gasteiger partial charge < -0.3 is 16.0 Å². The number of nitrogens with one attached hydrogen (secondary N) is 3. The molecule has 0 spiro atoms. The molecule has 1 aromatic carbocycles. The topological polar surface area (TPSA) is 65.5 Å². The number of thiophene rings is 1. The Hall–Kier alpha value is -1.68. The van der Waals surface area contributed by atoms with Crippen LogP contribution < -0.4 is 16.0 Å². The number of amides is 1. The predicted molar refractivity (Wildman–Crippen MR) is 116 cm³/mol. The van der Waals surface area contributed by atoms with Gasteiger partial charge in [-0.15, -0.1) is 35.3 Å². The Balaban J connectivity index is 0.00000338. The molecule has 0 unspecified atom stereocenters. The van der Waals surface area contributed by atoms with E-state index in [-0.39, 0.29) is 35.7 Å². The molecule has 0 saturated carbocycles. The van der Waals surface area contributed by atoms with Gasteiger partial charge in [-0.3, -0.25) is 9.79 Å². The lowest BCUT2D eigenvalue weighted by molar-refractivity contribution is 0.0957. The molecule has 2 aromatic rings. The third kappa shape index (κ3) is 7.28. The Labute approximate surface area is 174 Å². The van der Waals surface area contributed by atoms with E-state index in [1.165, 1.54) is 17.4 Å². The van der Waals surface area contributed by atoms with Gasteiger partial charge in [0, 0.05) is 26.7 Å². The molecule has 0 aliphatic heterocycles. The molecular formula is C18H24FIN4OS. The van der Waals surface area contributed by atoms with Crippen LogP contribution in [0.3, 0.4) is 0 Å². The molecular weight excluding hydrogens is 466 g/mol. The molecule has 0 aliphatic rings. The van der Waals surface area contributed by atoms with E-state index in [2.05, 4.69) is 20.9 Å². The first-order valence-corrected chi connectivity index (χ1v) is 8.99. The first-order valence-electron chi connectivity index (χ1n) is 8.11. The minimum absolute atomic E-state index is 0. The lowest BCUT2D eigenvalue weighted by atomic mass is 10.1. The lowest BCUT2D eigenvalue weighted by Gasteiger charge is -2.12. The van der Waals surface area contributed by atoms with Crippen LogP contribution in [-0.4, -0.2) is 32.0 Å². The van der Waals surface area contributed by atoms with Crippen LogP contribution in [0, 0.1) is 12.7 Å². The molecule has 0 aliphatic carbocycles. The smallest absolute Gasteiger partial charge is 0.261 e. The van der Waals surface area contributed by atoms with E-state index in [9.17, 15) is 9.18 Å². The lowest BCUT2D eigenvalue weighted by Crippen LogP contribution is -2.38. The number of aryl methyl sites for hydroxylation is 1. The molecule has 1 amide bonds. The third-order valence-corrected chi connectivity index (χ3v) is 4.45. The molecule has 0 radical (unpaired) electrons. The van der Waals surface area contributed by atoms with E-state index in [4.69, 9.17) is 0 Å². The van der Waals surface area contributed by atoms with Crippen LogP contribution in [0.5, 0.6) is 0 Å². The van der Waals surface area contributed by atoms with E-state index in [1.54, 1.807) is 26.1 Å².